The van der Waals surface area contributed by atoms with Gasteiger partial charge in [0.15, 0.2) is 0 Å². The van der Waals surface area contributed by atoms with Gasteiger partial charge in [-0.15, -0.1) is 0 Å². The van der Waals surface area contributed by atoms with Gasteiger partial charge in [0.2, 0.25) is 0 Å². The zero-order valence-corrected chi connectivity index (χ0v) is 13.9. The highest BCUT2D eigenvalue weighted by Gasteiger charge is 2.32. The summed E-state index contributed by atoms with van der Waals surface area (Å²) in [6.45, 7) is 0. The molecule has 3 rings (SSSR count). The van der Waals surface area contributed by atoms with Crippen LogP contribution in [0.25, 0.3) is 11.3 Å². The molecule has 0 unspecified atom stereocenters. The quantitative estimate of drug-likeness (QED) is 0.594. The highest BCUT2D eigenvalue weighted by Crippen LogP contribution is 2.40. The van der Waals surface area contributed by atoms with Gasteiger partial charge in [0, 0.05) is 30.6 Å². The molecule has 0 N–H and O–H groups in total. The molecule has 1 aliphatic heterocycles. The molecule has 0 spiro atoms. The third-order valence-corrected chi connectivity index (χ3v) is 4.12. The zero-order chi connectivity index (χ0) is 19.7. The Bertz CT molecular complexity index is 1040. The van der Waals surface area contributed by atoms with Crippen molar-refractivity contribution in [2.24, 2.45) is 0 Å². The Morgan fingerprint density at radius 1 is 0.963 bits per heavy atom. The molecule has 2 aromatic rings. The average molecular weight is 368 g/mol. The third kappa shape index (κ3) is 3.11. The van der Waals surface area contributed by atoms with E-state index in [1.165, 1.54) is 6.08 Å². The standard InChI is InChI=1S/C17H12N4O6/c1-18-9-8-13(12-4-2-3-5-15(12)18)17(21(26)27)14-7-6-11(19(22)23)10-16(14)20(24)25/h2-10H,1H3. The molecule has 0 saturated heterocycles. The molecule has 27 heavy (non-hydrogen) atoms. The average Bonchev–Trinajstić information content (AvgIpc) is 2.63. The lowest BCUT2D eigenvalue weighted by Gasteiger charge is -2.23. The predicted octanol–water partition coefficient (Wildman–Crippen LogP) is 3.61. The molecule has 10 heteroatoms. The SMILES string of the molecule is CN1C=CC(=C(c2ccc([N+](=O)[O-])cc2[N+](=O)[O-])[N+](=O)[O-])c2ccccc21. The molecule has 0 atom stereocenters. The monoisotopic (exact) mass is 368 g/mol. The second-order valence-electron chi connectivity index (χ2n) is 5.68. The second kappa shape index (κ2) is 6.67. The molecule has 0 bridgehead atoms. The van der Waals surface area contributed by atoms with Gasteiger partial charge in [-0.05, 0) is 18.2 Å². The van der Waals surface area contributed by atoms with E-state index in [2.05, 4.69) is 0 Å². The first-order valence-electron chi connectivity index (χ1n) is 7.63. The van der Waals surface area contributed by atoms with E-state index in [9.17, 15) is 30.3 Å². The number of nitrogens with zero attached hydrogens (tertiary/aromatic N) is 4. The zero-order valence-electron chi connectivity index (χ0n) is 13.9. The van der Waals surface area contributed by atoms with Gasteiger partial charge >= 0.3 is 0 Å². The lowest BCUT2D eigenvalue weighted by atomic mass is 9.95. The van der Waals surface area contributed by atoms with E-state index in [4.69, 9.17) is 0 Å². The van der Waals surface area contributed by atoms with Crippen LogP contribution in [0.4, 0.5) is 17.1 Å². The van der Waals surface area contributed by atoms with Crippen molar-refractivity contribution in [2.75, 3.05) is 11.9 Å². The number of benzene rings is 2. The minimum atomic E-state index is -0.864. The van der Waals surface area contributed by atoms with Crippen LogP contribution in [0.2, 0.25) is 0 Å². The summed E-state index contributed by atoms with van der Waals surface area (Å²) < 4.78 is 0. The van der Waals surface area contributed by atoms with Crippen molar-refractivity contribution in [3.05, 3.63) is 96.2 Å². The minimum Gasteiger partial charge on any atom is -0.351 e. The summed E-state index contributed by atoms with van der Waals surface area (Å²) in [6, 6.07) is 9.68. The molecule has 136 valence electrons. The molecule has 1 aliphatic rings. The van der Waals surface area contributed by atoms with Crippen molar-refractivity contribution in [3.8, 4) is 0 Å². The number of non-ortho nitro benzene ring substituents is 1. The summed E-state index contributed by atoms with van der Waals surface area (Å²) in [4.78, 5) is 33.6. The van der Waals surface area contributed by atoms with Crippen LogP contribution in [0.15, 0.2) is 54.7 Å². The summed E-state index contributed by atoms with van der Waals surface area (Å²) in [5, 5.41) is 34.2. The Hall–Kier alpha value is -4.08. The van der Waals surface area contributed by atoms with Crippen molar-refractivity contribution in [1.29, 1.82) is 0 Å². The number of hydrogen-bond donors (Lipinski definition) is 0. The summed E-state index contributed by atoms with van der Waals surface area (Å²) in [5.41, 5.74) is -0.597. The highest BCUT2D eigenvalue weighted by atomic mass is 16.6. The summed E-state index contributed by atoms with van der Waals surface area (Å²) in [5.74, 6) is 0. The molecule has 0 saturated carbocycles. The molecule has 0 amide bonds. The molecule has 10 nitrogen and oxygen atoms in total. The molecule has 0 aromatic heterocycles. The number of para-hydroxylation sites is 1. The first-order valence-corrected chi connectivity index (χ1v) is 7.63. The molecule has 1 heterocycles. The second-order valence-corrected chi connectivity index (χ2v) is 5.68. The Balaban J connectivity index is 2.35. The fraction of sp³-hybridized carbons (Fsp3) is 0.0588. The minimum absolute atomic E-state index is 0.186. The highest BCUT2D eigenvalue weighted by molar-refractivity contribution is 5.99. The Morgan fingerprint density at radius 2 is 1.67 bits per heavy atom. The molecule has 2 aromatic carbocycles. The van der Waals surface area contributed by atoms with Gasteiger partial charge in [-0.2, -0.15) is 0 Å². The van der Waals surface area contributed by atoms with Crippen LogP contribution in [0.5, 0.6) is 0 Å². The Morgan fingerprint density at radius 3 is 2.30 bits per heavy atom. The van der Waals surface area contributed by atoms with Crippen LogP contribution in [-0.4, -0.2) is 21.8 Å². The lowest BCUT2D eigenvalue weighted by molar-refractivity contribution is -0.397. The third-order valence-electron chi connectivity index (χ3n) is 4.12. The molecule has 0 aliphatic carbocycles. The number of allylic oxidation sites excluding steroid dienone is 2. The van der Waals surface area contributed by atoms with Gasteiger partial charge < -0.3 is 4.90 Å². The fourth-order valence-electron chi connectivity index (χ4n) is 2.90. The topological polar surface area (TPSA) is 133 Å². The molecular formula is C17H12N4O6. The Labute approximate surface area is 152 Å². The van der Waals surface area contributed by atoms with Crippen molar-refractivity contribution < 1.29 is 14.8 Å². The predicted molar refractivity (Wildman–Crippen MR) is 97.5 cm³/mol. The van der Waals surface area contributed by atoms with Gasteiger partial charge in [-0.1, -0.05) is 18.2 Å². The normalized spacial score (nSPS) is 14.5. The number of anilines is 1. The number of nitro groups is 3. The van der Waals surface area contributed by atoms with E-state index < -0.39 is 31.8 Å². The van der Waals surface area contributed by atoms with Gasteiger partial charge in [0.05, 0.1) is 26.4 Å². The van der Waals surface area contributed by atoms with Crippen LogP contribution in [0.1, 0.15) is 11.1 Å². The maximum atomic E-state index is 11.8. The number of rotatable bonds is 4. The van der Waals surface area contributed by atoms with Crippen molar-refractivity contribution >= 4 is 28.3 Å². The molecule has 0 fully saturated rings. The Kier molecular flexibility index (Phi) is 4.38. The van der Waals surface area contributed by atoms with Crippen LogP contribution >= 0.6 is 0 Å². The number of hydrogen-bond acceptors (Lipinski definition) is 7. The molecule has 0 radical (unpaired) electrons. The summed E-state index contributed by atoms with van der Waals surface area (Å²) in [7, 11) is 1.77. The van der Waals surface area contributed by atoms with E-state index in [1.54, 1.807) is 42.4 Å². The van der Waals surface area contributed by atoms with E-state index >= 15 is 0 Å². The van der Waals surface area contributed by atoms with Gasteiger partial charge in [0.1, 0.15) is 5.56 Å². The van der Waals surface area contributed by atoms with Crippen molar-refractivity contribution in [2.45, 2.75) is 0 Å². The first kappa shape index (κ1) is 17.7. The van der Waals surface area contributed by atoms with Crippen LogP contribution in [-0.2, 0) is 0 Å². The van der Waals surface area contributed by atoms with E-state index in [0.717, 1.165) is 18.2 Å². The van der Waals surface area contributed by atoms with Gasteiger partial charge in [-0.25, -0.2) is 0 Å². The van der Waals surface area contributed by atoms with Gasteiger partial charge in [-0.3, -0.25) is 30.3 Å². The van der Waals surface area contributed by atoms with E-state index in [1.807, 2.05) is 0 Å². The van der Waals surface area contributed by atoms with Gasteiger partial charge in [0.25, 0.3) is 17.1 Å². The lowest BCUT2D eigenvalue weighted by Crippen LogP contribution is -2.15. The van der Waals surface area contributed by atoms with Crippen LogP contribution in [0, 0.1) is 30.3 Å². The first-order chi connectivity index (χ1) is 12.8. The smallest absolute Gasteiger partial charge is 0.291 e. The van der Waals surface area contributed by atoms with Crippen molar-refractivity contribution in [1.82, 2.24) is 0 Å². The maximum absolute atomic E-state index is 11.8. The number of nitro benzene ring substituents is 2. The summed E-state index contributed by atoms with van der Waals surface area (Å²) in [6.07, 6.45) is 3.10. The number of fused-ring (bicyclic) bond motifs is 1. The van der Waals surface area contributed by atoms with Crippen LogP contribution in [0.3, 0.4) is 0 Å². The van der Waals surface area contributed by atoms with E-state index in [-0.39, 0.29) is 11.1 Å². The van der Waals surface area contributed by atoms with Crippen LogP contribution < -0.4 is 4.90 Å². The maximum Gasteiger partial charge on any atom is 0.291 e. The molecular weight excluding hydrogens is 356 g/mol. The largest absolute Gasteiger partial charge is 0.351 e. The van der Waals surface area contributed by atoms with E-state index in [0.29, 0.717) is 11.3 Å². The van der Waals surface area contributed by atoms with Crippen molar-refractivity contribution in [3.63, 3.8) is 0 Å². The summed E-state index contributed by atoms with van der Waals surface area (Å²) >= 11 is 0. The fourth-order valence-corrected chi connectivity index (χ4v) is 2.90.